The molecule has 1 fully saturated rings. The highest BCUT2D eigenvalue weighted by Crippen LogP contribution is 2.32. The average Bonchev–Trinajstić information content (AvgIpc) is 3.28. The summed E-state index contributed by atoms with van der Waals surface area (Å²) in [7, 11) is 3.54. The van der Waals surface area contributed by atoms with Crippen LogP contribution in [0.25, 0.3) is 10.7 Å². The van der Waals surface area contributed by atoms with E-state index in [1.165, 1.54) is 11.3 Å². The quantitative estimate of drug-likeness (QED) is 0.628. The largest absolute Gasteiger partial charge is 0.335 e. The number of hydrogen-bond acceptors (Lipinski definition) is 6. The Hall–Kier alpha value is -2.59. The Morgan fingerprint density at radius 1 is 1.38 bits per heavy atom. The van der Waals surface area contributed by atoms with Crippen LogP contribution in [0.3, 0.4) is 0 Å². The van der Waals surface area contributed by atoms with Crippen molar-refractivity contribution in [3.05, 3.63) is 44.2 Å². The number of thiazole rings is 1. The molecule has 4 heterocycles. The van der Waals surface area contributed by atoms with Gasteiger partial charge in [0.05, 0.1) is 27.0 Å². The number of aromatic amines is 1. The molecule has 0 saturated carbocycles. The van der Waals surface area contributed by atoms with Gasteiger partial charge in [0.25, 0.3) is 17.2 Å². The fourth-order valence-corrected chi connectivity index (χ4v) is 4.63. The lowest BCUT2D eigenvalue weighted by Crippen LogP contribution is -2.39. The number of piperidine rings is 1. The fourth-order valence-electron chi connectivity index (χ4n) is 3.64. The van der Waals surface area contributed by atoms with Crippen molar-refractivity contribution >= 4 is 28.8 Å². The van der Waals surface area contributed by atoms with Crippen molar-refractivity contribution in [2.45, 2.75) is 25.7 Å². The summed E-state index contributed by atoms with van der Waals surface area (Å²) in [4.78, 5) is 39.5. The predicted molar refractivity (Wildman–Crippen MR) is 108 cm³/mol. The number of nitrogens with one attached hydrogen (secondary N) is 1. The zero-order valence-electron chi connectivity index (χ0n) is 16.3. The van der Waals surface area contributed by atoms with Gasteiger partial charge in [0.15, 0.2) is 12.0 Å². The Bertz CT molecular complexity index is 1130. The van der Waals surface area contributed by atoms with Crippen LogP contribution in [0.5, 0.6) is 0 Å². The third-order valence-corrected chi connectivity index (χ3v) is 6.47. The number of likely N-dealkylation sites (tertiary alicyclic amines) is 1. The number of hydrogen-bond donors (Lipinski definition) is 1. The highest BCUT2D eigenvalue weighted by molar-refractivity contribution is 7.13. The topological polar surface area (TPSA) is 101 Å². The van der Waals surface area contributed by atoms with E-state index in [1.807, 2.05) is 11.8 Å². The van der Waals surface area contributed by atoms with Gasteiger partial charge in [-0.1, -0.05) is 11.6 Å². The summed E-state index contributed by atoms with van der Waals surface area (Å²) in [5.74, 6) is 0.462. The van der Waals surface area contributed by atoms with Gasteiger partial charge < -0.3 is 9.88 Å². The second-order valence-electron chi connectivity index (χ2n) is 7.15. The molecular formula is C18H21ClN7O2S+. The Morgan fingerprint density at radius 2 is 2.10 bits per heavy atom. The summed E-state index contributed by atoms with van der Waals surface area (Å²) < 4.78 is 3.19. The number of H-pyrrole nitrogens is 1. The molecule has 0 aliphatic carbocycles. The molecule has 0 spiro atoms. The second-order valence-corrected chi connectivity index (χ2v) is 8.38. The van der Waals surface area contributed by atoms with Crippen molar-refractivity contribution in [3.8, 4) is 10.7 Å². The zero-order chi connectivity index (χ0) is 20.7. The van der Waals surface area contributed by atoms with Gasteiger partial charge in [-0.05, 0) is 19.8 Å². The molecule has 0 radical (unpaired) electrons. The van der Waals surface area contributed by atoms with Crippen LogP contribution in [0.4, 0.5) is 0 Å². The SMILES string of the molecule is Cc1ncsc1-c1nc(C2CCN(C(=O)c3c[n+](C)nn3C)CC2)c(Cl)c(=O)[nH]1. The maximum atomic E-state index is 12.8. The minimum Gasteiger partial charge on any atom is -0.335 e. The molecule has 1 saturated heterocycles. The fraction of sp³-hybridized carbons (Fsp3) is 0.444. The highest BCUT2D eigenvalue weighted by Gasteiger charge is 2.31. The maximum Gasteiger partial charge on any atom is 0.299 e. The number of carbonyl (C=O) groups is 1. The third-order valence-electron chi connectivity index (χ3n) is 5.17. The second kappa shape index (κ2) is 7.68. The Balaban J connectivity index is 1.55. The highest BCUT2D eigenvalue weighted by atomic mass is 35.5. The van der Waals surface area contributed by atoms with Crippen molar-refractivity contribution in [2.75, 3.05) is 13.1 Å². The van der Waals surface area contributed by atoms with E-state index >= 15 is 0 Å². The van der Waals surface area contributed by atoms with E-state index in [9.17, 15) is 9.59 Å². The molecule has 29 heavy (non-hydrogen) atoms. The monoisotopic (exact) mass is 434 g/mol. The van der Waals surface area contributed by atoms with Gasteiger partial charge in [-0.2, -0.15) is 0 Å². The van der Waals surface area contributed by atoms with Crippen molar-refractivity contribution in [2.24, 2.45) is 14.1 Å². The molecule has 1 aliphatic rings. The van der Waals surface area contributed by atoms with Crippen LogP contribution in [0.2, 0.25) is 5.02 Å². The smallest absolute Gasteiger partial charge is 0.299 e. The van der Waals surface area contributed by atoms with Gasteiger partial charge in [-0.3, -0.25) is 9.59 Å². The van der Waals surface area contributed by atoms with E-state index in [4.69, 9.17) is 11.6 Å². The van der Waals surface area contributed by atoms with E-state index in [2.05, 4.69) is 20.2 Å². The summed E-state index contributed by atoms with van der Waals surface area (Å²) in [6, 6.07) is 0. The van der Waals surface area contributed by atoms with E-state index in [0.29, 0.717) is 43.1 Å². The molecule has 11 heteroatoms. The number of amides is 1. The molecule has 0 bridgehead atoms. The van der Waals surface area contributed by atoms with Crippen LogP contribution in [0.15, 0.2) is 16.5 Å². The van der Waals surface area contributed by atoms with E-state index in [1.54, 1.807) is 35.2 Å². The van der Waals surface area contributed by atoms with Crippen LogP contribution in [0, 0.1) is 6.92 Å². The lowest BCUT2D eigenvalue weighted by molar-refractivity contribution is -0.732. The zero-order valence-corrected chi connectivity index (χ0v) is 17.9. The van der Waals surface area contributed by atoms with Gasteiger partial charge in [-0.25, -0.2) is 9.97 Å². The molecule has 0 unspecified atom stereocenters. The minimum atomic E-state index is -0.347. The molecule has 0 aromatic carbocycles. The lowest BCUT2D eigenvalue weighted by Gasteiger charge is -2.31. The predicted octanol–water partition coefficient (Wildman–Crippen LogP) is 1.43. The van der Waals surface area contributed by atoms with Crippen molar-refractivity contribution < 1.29 is 9.48 Å². The third kappa shape index (κ3) is 3.69. The molecule has 3 aromatic rings. The number of carbonyl (C=O) groups excluding carboxylic acids is 1. The van der Waals surface area contributed by atoms with Crippen LogP contribution in [-0.2, 0) is 14.1 Å². The minimum absolute atomic E-state index is 0.0171. The first-order valence-corrected chi connectivity index (χ1v) is 10.5. The standard InChI is InChI=1S/C18H20ClN7O2S/c1-10-15(29-9-20-10)16-21-14(13(19)17(27)22-16)11-4-6-26(7-5-11)18(28)12-8-24(2)23-25(12)3/h8-9,11H,4-7H2,1-3H3/p+1. The van der Waals surface area contributed by atoms with Crippen LogP contribution in [-0.4, -0.2) is 48.7 Å². The molecule has 1 N–H and O–H groups in total. The number of nitrogens with zero attached hydrogens (tertiary/aromatic N) is 6. The normalized spacial score (nSPS) is 15.1. The van der Waals surface area contributed by atoms with Crippen molar-refractivity contribution in [1.29, 1.82) is 0 Å². The number of halogens is 1. The Kier molecular flexibility index (Phi) is 5.22. The molecule has 1 amide bonds. The van der Waals surface area contributed by atoms with E-state index in [0.717, 1.165) is 10.6 Å². The first-order chi connectivity index (χ1) is 13.8. The van der Waals surface area contributed by atoms with Gasteiger partial charge in [-0.15, -0.1) is 20.7 Å². The molecule has 3 aromatic heterocycles. The van der Waals surface area contributed by atoms with Crippen LogP contribution >= 0.6 is 22.9 Å². The average molecular weight is 435 g/mol. The van der Waals surface area contributed by atoms with Gasteiger partial charge >= 0.3 is 0 Å². The lowest BCUT2D eigenvalue weighted by atomic mass is 9.93. The number of aryl methyl sites for hydroxylation is 3. The molecule has 9 nitrogen and oxygen atoms in total. The summed E-state index contributed by atoms with van der Waals surface area (Å²) in [6.07, 6.45) is 3.09. The van der Waals surface area contributed by atoms with Crippen molar-refractivity contribution in [3.63, 3.8) is 0 Å². The molecular weight excluding hydrogens is 414 g/mol. The maximum absolute atomic E-state index is 12.8. The van der Waals surface area contributed by atoms with Gasteiger partial charge in [0, 0.05) is 19.0 Å². The first kappa shape index (κ1) is 19.7. The van der Waals surface area contributed by atoms with Gasteiger partial charge in [0.2, 0.25) is 0 Å². The van der Waals surface area contributed by atoms with Crippen LogP contribution < -0.4 is 10.2 Å². The van der Waals surface area contributed by atoms with Gasteiger partial charge in [0.1, 0.15) is 19.1 Å². The summed E-state index contributed by atoms with van der Waals surface area (Å²) in [6.45, 7) is 3.01. The van der Waals surface area contributed by atoms with E-state index < -0.39 is 0 Å². The van der Waals surface area contributed by atoms with Crippen LogP contribution in [0.1, 0.15) is 40.6 Å². The molecule has 0 atom stereocenters. The molecule has 152 valence electrons. The Labute approximate surface area is 176 Å². The summed E-state index contributed by atoms with van der Waals surface area (Å²) >= 11 is 7.73. The summed E-state index contributed by atoms with van der Waals surface area (Å²) in [5, 5.41) is 4.29. The molecule has 4 rings (SSSR count). The first-order valence-electron chi connectivity index (χ1n) is 9.24. The summed E-state index contributed by atoms with van der Waals surface area (Å²) in [5.41, 5.74) is 3.33. The van der Waals surface area contributed by atoms with E-state index in [-0.39, 0.29) is 22.4 Å². The number of aromatic nitrogens is 6. The Morgan fingerprint density at radius 3 is 2.69 bits per heavy atom. The van der Waals surface area contributed by atoms with Crippen molar-refractivity contribution in [1.82, 2.24) is 29.7 Å². The number of rotatable bonds is 3. The molecule has 1 aliphatic heterocycles.